The summed E-state index contributed by atoms with van der Waals surface area (Å²) in [6.45, 7) is 1.12. The van der Waals surface area contributed by atoms with Crippen LogP contribution in [0.5, 0.6) is 0 Å². The Bertz CT molecular complexity index is 437. The lowest BCUT2D eigenvalue weighted by Gasteiger charge is -2.20. The molecule has 6 nitrogen and oxygen atoms in total. The zero-order valence-electron chi connectivity index (χ0n) is 11.6. The third-order valence-electron chi connectivity index (χ3n) is 2.95. The first kappa shape index (κ1) is 16.0. The summed E-state index contributed by atoms with van der Waals surface area (Å²) in [5.41, 5.74) is 6.67. The summed E-state index contributed by atoms with van der Waals surface area (Å²) in [6.07, 6.45) is 0.0498. The molecule has 0 spiro atoms. The van der Waals surface area contributed by atoms with Crippen LogP contribution < -0.4 is 16.0 Å². The van der Waals surface area contributed by atoms with Crippen LogP contribution in [0.25, 0.3) is 0 Å². The number of carboxylic acid groups (broad SMARTS) is 1. The molecule has 1 atom stereocenters. The van der Waals surface area contributed by atoms with Crippen LogP contribution in [0.15, 0.2) is 30.3 Å². The van der Waals surface area contributed by atoms with Gasteiger partial charge in [0.05, 0.1) is 6.04 Å². The summed E-state index contributed by atoms with van der Waals surface area (Å²) in [5, 5.41) is 11.2. The lowest BCUT2D eigenvalue weighted by atomic mass is 10.1. The molecule has 0 saturated heterocycles. The molecule has 1 aromatic rings. The molecule has 0 heterocycles. The molecule has 1 unspecified atom stereocenters. The van der Waals surface area contributed by atoms with Crippen LogP contribution in [-0.2, 0) is 9.59 Å². The van der Waals surface area contributed by atoms with Crippen molar-refractivity contribution in [3.05, 3.63) is 30.3 Å². The number of anilines is 1. The van der Waals surface area contributed by atoms with Gasteiger partial charge in [-0.2, -0.15) is 0 Å². The molecule has 0 aliphatic carbocycles. The molecule has 1 rings (SSSR count). The SMILES string of the molecule is CN(CCNC(=O)C(N)CCC(=O)O)c1ccccc1. The van der Waals surface area contributed by atoms with Crippen LogP contribution in [0.4, 0.5) is 5.69 Å². The van der Waals surface area contributed by atoms with Crippen molar-refractivity contribution >= 4 is 17.6 Å². The average molecular weight is 279 g/mol. The maximum absolute atomic E-state index is 11.6. The highest BCUT2D eigenvalue weighted by atomic mass is 16.4. The highest BCUT2D eigenvalue weighted by Crippen LogP contribution is 2.09. The quantitative estimate of drug-likeness (QED) is 0.641. The Kier molecular flexibility index (Phi) is 6.52. The van der Waals surface area contributed by atoms with Gasteiger partial charge < -0.3 is 21.1 Å². The van der Waals surface area contributed by atoms with Gasteiger partial charge in [-0.05, 0) is 18.6 Å². The molecule has 1 amide bonds. The molecule has 1 aromatic carbocycles. The molecule has 6 heteroatoms. The summed E-state index contributed by atoms with van der Waals surface area (Å²) in [7, 11) is 1.94. The lowest BCUT2D eigenvalue weighted by Crippen LogP contribution is -2.43. The van der Waals surface area contributed by atoms with E-state index in [1.165, 1.54) is 0 Å². The molecule has 0 saturated carbocycles. The summed E-state index contributed by atoms with van der Waals surface area (Å²) in [5.74, 6) is -1.26. The van der Waals surface area contributed by atoms with Gasteiger partial charge in [0.1, 0.15) is 0 Å². The Morgan fingerprint density at radius 3 is 2.60 bits per heavy atom. The first-order valence-corrected chi connectivity index (χ1v) is 6.52. The van der Waals surface area contributed by atoms with Crippen molar-refractivity contribution in [1.29, 1.82) is 0 Å². The van der Waals surface area contributed by atoms with Gasteiger partial charge in [-0.25, -0.2) is 0 Å². The number of amides is 1. The van der Waals surface area contributed by atoms with E-state index in [1.807, 2.05) is 42.3 Å². The summed E-state index contributed by atoms with van der Waals surface area (Å²) < 4.78 is 0. The number of hydrogen-bond donors (Lipinski definition) is 3. The summed E-state index contributed by atoms with van der Waals surface area (Å²) in [4.78, 5) is 24.0. The Morgan fingerprint density at radius 1 is 1.35 bits per heavy atom. The predicted octanol–water partition coefficient (Wildman–Crippen LogP) is 0.431. The fraction of sp³-hybridized carbons (Fsp3) is 0.429. The van der Waals surface area contributed by atoms with Crippen LogP contribution >= 0.6 is 0 Å². The van der Waals surface area contributed by atoms with E-state index in [0.29, 0.717) is 13.1 Å². The minimum Gasteiger partial charge on any atom is -0.481 e. The van der Waals surface area contributed by atoms with E-state index in [0.717, 1.165) is 5.69 Å². The third-order valence-corrected chi connectivity index (χ3v) is 2.95. The number of likely N-dealkylation sites (N-methyl/N-ethyl adjacent to an activating group) is 1. The molecule has 0 aliphatic rings. The van der Waals surface area contributed by atoms with E-state index >= 15 is 0 Å². The first-order valence-electron chi connectivity index (χ1n) is 6.52. The Hall–Kier alpha value is -2.08. The van der Waals surface area contributed by atoms with Crippen molar-refractivity contribution in [3.63, 3.8) is 0 Å². The van der Waals surface area contributed by atoms with Crippen LogP contribution in [0.3, 0.4) is 0 Å². The van der Waals surface area contributed by atoms with Crippen molar-refractivity contribution in [2.45, 2.75) is 18.9 Å². The number of nitrogens with zero attached hydrogens (tertiary/aromatic N) is 1. The minimum absolute atomic E-state index is 0.0987. The van der Waals surface area contributed by atoms with Gasteiger partial charge in [0.2, 0.25) is 5.91 Å². The van der Waals surface area contributed by atoms with Crippen molar-refractivity contribution < 1.29 is 14.7 Å². The van der Waals surface area contributed by atoms with E-state index in [-0.39, 0.29) is 18.7 Å². The topological polar surface area (TPSA) is 95.7 Å². The highest BCUT2D eigenvalue weighted by Gasteiger charge is 2.14. The number of nitrogens with one attached hydrogen (secondary N) is 1. The molecule has 0 fully saturated rings. The van der Waals surface area contributed by atoms with Gasteiger partial charge in [0.15, 0.2) is 0 Å². The first-order chi connectivity index (χ1) is 9.50. The largest absolute Gasteiger partial charge is 0.481 e. The molecule has 0 bridgehead atoms. The maximum Gasteiger partial charge on any atom is 0.303 e. The number of benzene rings is 1. The van der Waals surface area contributed by atoms with Gasteiger partial charge in [0.25, 0.3) is 0 Å². The fourth-order valence-corrected chi connectivity index (χ4v) is 1.70. The number of carboxylic acids is 1. The number of para-hydroxylation sites is 1. The molecule has 4 N–H and O–H groups in total. The van der Waals surface area contributed by atoms with Crippen LogP contribution in [0.2, 0.25) is 0 Å². The number of aliphatic carboxylic acids is 1. The van der Waals surface area contributed by atoms with Gasteiger partial charge in [-0.1, -0.05) is 18.2 Å². The fourth-order valence-electron chi connectivity index (χ4n) is 1.70. The smallest absolute Gasteiger partial charge is 0.303 e. The Morgan fingerprint density at radius 2 is 2.00 bits per heavy atom. The average Bonchev–Trinajstić information content (AvgIpc) is 2.45. The number of rotatable bonds is 8. The van der Waals surface area contributed by atoms with Gasteiger partial charge in [0, 0.05) is 32.2 Å². The maximum atomic E-state index is 11.6. The van der Waals surface area contributed by atoms with Gasteiger partial charge in [-0.3, -0.25) is 9.59 Å². The van der Waals surface area contributed by atoms with Gasteiger partial charge >= 0.3 is 5.97 Å². The van der Waals surface area contributed by atoms with Crippen molar-refractivity contribution in [2.75, 3.05) is 25.0 Å². The van der Waals surface area contributed by atoms with E-state index in [2.05, 4.69) is 5.32 Å². The van der Waals surface area contributed by atoms with E-state index in [1.54, 1.807) is 0 Å². The zero-order valence-corrected chi connectivity index (χ0v) is 11.6. The molecule has 0 aromatic heterocycles. The molecule has 0 aliphatic heterocycles. The lowest BCUT2D eigenvalue weighted by molar-refractivity contribution is -0.137. The highest BCUT2D eigenvalue weighted by molar-refractivity contribution is 5.82. The Balaban J connectivity index is 2.26. The predicted molar refractivity (Wildman–Crippen MR) is 77.6 cm³/mol. The zero-order chi connectivity index (χ0) is 15.0. The van der Waals surface area contributed by atoms with Crippen LogP contribution in [0.1, 0.15) is 12.8 Å². The number of carbonyl (C=O) groups is 2. The molecular weight excluding hydrogens is 258 g/mol. The monoisotopic (exact) mass is 279 g/mol. The second kappa shape index (κ2) is 8.16. The second-order valence-electron chi connectivity index (χ2n) is 4.59. The standard InChI is InChI=1S/C14H21N3O3/c1-17(11-5-3-2-4-6-11)10-9-16-14(20)12(15)7-8-13(18)19/h2-6,12H,7-10,15H2,1H3,(H,16,20)(H,18,19). The third kappa shape index (κ3) is 5.71. The van der Waals surface area contributed by atoms with Crippen molar-refractivity contribution in [2.24, 2.45) is 5.73 Å². The molecule has 0 radical (unpaired) electrons. The van der Waals surface area contributed by atoms with Crippen LogP contribution in [0, 0.1) is 0 Å². The Labute approximate surface area is 118 Å². The number of carbonyl (C=O) groups excluding carboxylic acids is 1. The molecule has 110 valence electrons. The summed E-state index contributed by atoms with van der Waals surface area (Å²) in [6, 6.07) is 9.05. The van der Waals surface area contributed by atoms with Gasteiger partial charge in [-0.15, -0.1) is 0 Å². The number of hydrogen-bond acceptors (Lipinski definition) is 4. The van der Waals surface area contributed by atoms with E-state index < -0.39 is 12.0 Å². The number of nitrogens with two attached hydrogens (primary N) is 1. The van der Waals surface area contributed by atoms with Crippen molar-refractivity contribution in [1.82, 2.24) is 5.32 Å². The summed E-state index contributed by atoms with van der Waals surface area (Å²) >= 11 is 0. The normalized spacial score (nSPS) is 11.7. The van der Waals surface area contributed by atoms with E-state index in [4.69, 9.17) is 10.8 Å². The molecular formula is C14H21N3O3. The second-order valence-corrected chi connectivity index (χ2v) is 4.59. The minimum atomic E-state index is -0.947. The van der Waals surface area contributed by atoms with E-state index in [9.17, 15) is 9.59 Å². The van der Waals surface area contributed by atoms with Crippen molar-refractivity contribution in [3.8, 4) is 0 Å². The van der Waals surface area contributed by atoms with Crippen LogP contribution in [-0.4, -0.2) is 43.2 Å². The molecule has 20 heavy (non-hydrogen) atoms.